The fourth-order valence-corrected chi connectivity index (χ4v) is 3.86. The number of fused-ring (bicyclic) bond motifs is 1. The fraction of sp³-hybridized carbons (Fsp3) is 0.200. The van der Waals surface area contributed by atoms with Crippen LogP contribution < -0.4 is 4.90 Å². The third-order valence-corrected chi connectivity index (χ3v) is 5.36. The molecule has 0 saturated heterocycles. The van der Waals surface area contributed by atoms with E-state index >= 15 is 0 Å². The van der Waals surface area contributed by atoms with E-state index in [1.807, 2.05) is 42.5 Å². The molecule has 142 valence electrons. The molecule has 1 aromatic carbocycles. The lowest BCUT2D eigenvalue weighted by atomic mass is 10.1. The number of carbonyl (C=O) groups is 1. The molecule has 0 spiro atoms. The Hall–Kier alpha value is -3.26. The van der Waals surface area contributed by atoms with Crippen molar-refractivity contribution in [1.82, 2.24) is 19.7 Å². The van der Waals surface area contributed by atoms with Gasteiger partial charge in [0.25, 0.3) is 0 Å². The van der Waals surface area contributed by atoms with Crippen molar-refractivity contribution in [2.24, 2.45) is 0 Å². The van der Waals surface area contributed by atoms with Gasteiger partial charge in [-0.05, 0) is 26.0 Å². The van der Waals surface area contributed by atoms with Crippen molar-refractivity contribution in [3.63, 3.8) is 0 Å². The van der Waals surface area contributed by atoms with Gasteiger partial charge in [0.05, 0.1) is 0 Å². The summed E-state index contributed by atoms with van der Waals surface area (Å²) in [7, 11) is 0. The van der Waals surface area contributed by atoms with Gasteiger partial charge in [-0.25, -0.2) is 14.8 Å². The molecule has 8 heteroatoms. The highest BCUT2D eigenvalue weighted by Crippen LogP contribution is 2.31. The molecule has 4 rings (SSSR count). The first-order chi connectivity index (χ1) is 13.6. The summed E-state index contributed by atoms with van der Waals surface area (Å²) in [6.07, 6.45) is 0. The Labute approximate surface area is 165 Å². The number of carboxylic acids is 1. The molecule has 3 aromatic heterocycles. The second-order valence-electron chi connectivity index (χ2n) is 6.16. The Bertz CT molecular complexity index is 1130. The van der Waals surface area contributed by atoms with E-state index in [2.05, 4.69) is 23.7 Å². The van der Waals surface area contributed by atoms with E-state index in [0.29, 0.717) is 10.8 Å². The van der Waals surface area contributed by atoms with Crippen molar-refractivity contribution >= 4 is 34.2 Å². The number of benzene rings is 1. The average Bonchev–Trinajstić information content (AvgIpc) is 3.34. The van der Waals surface area contributed by atoms with Gasteiger partial charge in [0.1, 0.15) is 11.5 Å². The second-order valence-corrected chi connectivity index (χ2v) is 7.00. The molecule has 0 aliphatic carbocycles. The van der Waals surface area contributed by atoms with Crippen LogP contribution in [-0.2, 0) is 0 Å². The Balaban J connectivity index is 1.95. The molecule has 0 unspecified atom stereocenters. The summed E-state index contributed by atoms with van der Waals surface area (Å²) < 4.78 is 1.64. The lowest BCUT2D eigenvalue weighted by molar-refractivity contribution is 0.0691. The van der Waals surface area contributed by atoms with Crippen LogP contribution in [0.5, 0.6) is 0 Å². The first-order valence-electron chi connectivity index (χ1n) is 9.01. The van der Waals surface area contributed by atoms with Gasteiger partial charge in [-0.1, -0.05) is 30.3 Å². The highest BCUT2D eigenvalue weighted by atomic mass is 32.1. The minimum atomic E-state index is -1.06. The molecule has 0 radical (unpaired) electrons. The largest absolute Gasteiger partial charge is 0.476 e. The topological polar surface area (TPSA) is 84.1 Å². The summed E-state index contributed by atoms with van der Waals surface area (Å²) in [4.78, 5) is 22.5. The van der Waals surface area contributed by atoms with Crippen molar-refractivity contribution < 1.29 is 9.90 Å². The molecule has 0 saturated carbocycles. The highest BCUT2D eigenvalue weighted by molar-refractivity contribution is 7.12. The number of anilines is 1. The van der Waals surface area contributed by atoms with Crippen LogP contribution >= 0.6 is 11.3 Å². The van der Waals surface area contributed by atoms with Crippen LogP contribution in [-0.4, -0.2) is 43.9 Å². The molecule has 7 nitrogen and oxygen atoms in total. The van der Waals surface area contributed by atoms with Crippen LogP contribution in [0.2, 0.25) is 0 Å². The maximum absolute atomic E-state index is 11.2. The molecule has 0 amide bonds. The normalized spacial score (nSPS) is 11.1. The number of rotatable bonds is 6. The zero-order valence-electron chi connectivity index (χ0n) is 15.5. The van der Waals surface area contributed by atoms with E-state index < -0.39 is 5.97 Å². The molecule has 0 atom stereocenters. The lowest BCUT2D eigenvalue weighted by Crippen LogP contribution is -2.22. The number of thiazole rings is 1. The third-order valence-electron chi connectivity index (χ3n) is 4.54. The van der Waals surface area contributed by atoms with E-state index in [9.17, 15) is 9.90 Å². The third kappa shape index (κ3) is 3.11. The van der Waals surface area contributed by atoms with Gasteiger partial charge in [0.2, 0.25) is 5.13 Å². The molecule has 0 aliphatic heterocycles. The van der Waals surface area contributed by atoms with Gasteiger partial charge in [-0.3, -0.25) is 0 Å². The van der Waals surface area contributed by atoms with Crippen LogP contribution in [0.25, 0.3) is 27.4 Å². The van der Waals surface area contributed by atoms with Crippen molar-refractivity contribution in [1.29, 1.82) is 0 Å². The van der Waals surface area contributed by atoms with Crippen LogP contribution in [0.15, 0.2) is 47.8 Å². The monoisotopic (exact) mass is 393 g/mol. The molecule has 1 N–H and O–H groups in total. The molecule has 4 aromatic rings. The minimum Gasteiger partial charge on any atom is -0.476 e. The first kappa shape index (κ1) is 18.1. The van der Waals surface area contributed by atoms with E-state index in [0.717, 1.165) is 35.6 Å². The standard InChI is InChI=1S/C20H19N5O2S/c1-3-24(4-2)16-11-10-14-17(13-8-6-5-7-9-13)23-25(18(14)22-16)20-21-15(12-28-20)19(26)27/h5-12H,3-4H2,1-2H3,(H,26,27). The number of hydrogen-bond acceptors (Lipinski definition) is 6. The summed E-state index contributed by atoms with van der Waals surface area (Å²) in [5.41, 5.74) is 2.43. The summed E-state index contributed by atoms with van der Waals surface area (Å²) in [6, 6.07) is 13.9. The summed E-state index contributed by atoms with van der Waals surface area (Å²) in [5.74, 6) is -0.202. The van der Waals surface area contributed by atoms with Crippen LogP contribution in [0.3, 0.4) is 0 Å². The number of carboxylic acid groups (broad SMARTS) is 1. The van der Waals surface area contributed by atoms with Gasteiger partial charge >= 0.3 is 5.97 Å². The molecule has 3 heterocycles. The number of hydrogen-bond donors (Lipinski definition) is 1. The molecular formula is C20H19N5O2S. The Kier molecular flexibility index (Phi) is 4.79. The molecule has 0 aliphatic rings. The van der Waals surface area contributed by atoms with Crippen LogP contribution in [0, 0.1) is 0 Å². The summed E-state index contributed by atoms with van der Waals surface area (Å²) in [5, 5.41) is 16.9. The Morgan fingerprint density at radius 1 is 1.11 bits per heavy atom. The molecule has 0 bridgehead atoms. The Morgan fingerprint density at radius 3 is 2.50 bits per heavy atom. The minimum absolute atomic E-state index is 0.00445. The van der Waals surface area contributed by atoms with Crippen molar-refractivity contribution in [2.45, 2.75) is 13.8 Å². The van der Waals surface area contributed by atoms with Gasteiger partial charge in [0.15, 0.2) is 11.3 Å². The van der Waals surface area contributed by atoms with Crippen LogP contribution in [0.4, 0.5) is 5.82 Å². The average molecular weight is 393 g/mol. The van der Waals surface area contributed by atoms with E-state index in [1.165, 1.54) is 16.7 Å². The van der Waals surface area contributed by atoms with E-state index in [4.69, 9.17) is 10.1 Å². The lowest BCUT2D eigenvalue weighted by Gasteiger charge is -2.19. The van der Waals surface area contributed by atoms with Gasteiger partial charge < -0.3 is 10.0 Å². The zero-order chi connectivity index (χ0) is 19.7. The van der Waals surface area contributed by atoms with Crippen molar-refractivity contribution in [3.8, 4) is 16.4 Å². The summed E-state index contributed by atoms with van der Waals surface area (Å²) in [6.45, 7) is 5.86. The van der Waals surface area contributed by atoms with Crippen LogP contribution in [0.1, 0.15) is 24.3 Å². The number of aromatic nitrogens is 4. The number of nitrogens with zero attached hydrogens (tertiary/aromatic N) is 5. The SMILES string of the molecule is CCN(CC)c1ccc2c(-c3ccccc3)nn(-c3nc(C(=O)O)cs3)c2n1. The number of aromatic carboxylic acids is 1. The molecule has 28 heavy (non-hydrogen) atoms. The predicted octanol–water partition coefficient (Wildman–Crippen LogP) is 4.09. The maximum atomic E-state index is 11.2. The fourth-order valence-electron chi connectivity index (χ4n) is 3.11. The number of pyridine rings is 1. The predicted molar refractivity (Wildman–Crippen MR) is 110 cm³/mol. The maximum Gasteiger partial charge on any atom is 0.355 e. The van der Waals surface area contributed by atoms with E-state index in [1.54, 1.807) is 4.68 Å². The van der Waals surface area contributed by atoms with E-state index in [-0.39, 0.29) is 5.69 Å². The van der Waals surface area contributed by atoms with Gasteiger partial charge in [0, 0.05) is 29.4 Å². The highest BCUT2D eigenvalue weighted by Gasteiger charge is 2.19. The summed E-state index contributed by atoms with van der Waals surface area (Å²) >= 11 is 1.24. The smallest absolute Gasteiger partial charge is 0.355 e. The molecular weight excluding hydrogens is 374 g/mol. The molecule has 0 fully saturated rings. The van der Waals surface area contributed by atoms with Gasteiger partial charge in [-0.2, -0.15) is 9.78 Å². The zero-order valence-corrected chi connectivity index (χ0v) is 16.3. The van der Waals surface area contributed by atoms with Crippen molar-refractivity contribution in [3.05, 3.63) is 53.5 Å². The van der Waals surface area contributed by atoms with Gasteiger partial charge in [-0.15, -0.1) is 11.3 Å². The second kappa shape index (κ2) is 7.40. The van der Waals surface area contributed by atoms with Crippen molar-refractivity contribution in [2.75, 3.05) is 18.0 Å². The Morgan fingerprint density at radius 2 is 1.86 bits per heavy atom. The quantitative estimate of drug-likeness (QED) is 0.531. The first-order valence-corrected chi connectivity index (χ1v) is 9.89.